The van der Waals surface area contributed by atoms with Gasteiger partial charge < -0.3 is 4.74 Å². The second-order valence-corrected chi connectivity index (χ2v) is 6.05. The van der Waals surface area contributed by atoms with E-state index in [9.17, 15) is 9.59 Å². The molecule has 1 rings (SSSR count). The molecular formula is C17H24O3. The van der Waals surface area contributed by atoms with Crippen LogP contribution in [0.4, 0.5) is 0 Å². The molecule has 0 aliphatic carbocycles. The molecule has 0 spiro atoms. The van der Waals surface area contributed by atoms with Gasteiger partial charge in [-0.15, -0.1) is 0 Å². The fourth-order valence-corrected chi connectivity index (χ4v) is 2.02. The molecule has 0 radical (unpaired) electrons. The van der Waals surface area contributed by atoms with Crippen molar-refractivity contribution >= 4 is 11.8 Å². The zero-order valence-corrected chi connectivity index (χ0v) is 12.8. The van der Waals surface area contributed by atoms with Crippen molar-refractivity contribution in [3.8, 4) is 0 Å². The summed E-state index contributed by atoms with van der Waals surface area (Å²) in [4.78, 5) is 24.8. The van der Waals surface area contributed by atoms with E-state index in [2.05, 4.69) is 0 Å². The molecule has 20 heavy (non-hydrogen) atoms. The molecule has 0 saturated carbocycles. The largest absolute Gasteiger partial charge is 0.465 e. The Morgan fingerprint density at radius 1 is 1.15 bits per heavy atom. The summed E-state index contributed by atoms with van der Waals surface area (Å²) in [6.07, 6.45) is 1.78. The fraction of sp³-hybridized carbons (Fsp3) is 0.529. The van der Waals surface area contributed by atoms with Gasteiger partial charge in [0.05, 0.1) is 6.61 Å². The van der Waals surface area contributed by atoms with E-state index >= 15 is 0 Å². The molecule has 0 fully saturated rings. The number of ether oxygens (including phenoxy) is 1. The zero-order valence-electron chi connectivity index (χ0n) is 12.8. The van der Waals surface area contributed by atoms with E-state index < -0.39 is 17.3 Å². The summed E-state index contributed by atoms with van der Waals surface area (Å²) in [7, 11) is 0. The summed E-state index contributed by atoms with van der Waals surface area (Å²) in [5.74, 6) is -1.35. The van der Waals surface area contributed by atoms with Gasteiger partial charge in [-0.1, -0.05) is 64.4 Å². The summed E-state index contributed by atoms with van der Waals surface area (Å²) in [5.41, 5.74) is 0.0934. The maximum absolute atomic E-state index is 12.6. The first-order valence-electron chi connectivity index (χ1n) is 7.13. The van der Waals surface area contributed by atoms with Crippen LogP contribution in [0.15, 0.2) is 30.3 Å². The van der Waals surface area contributed by atoms with Crippen molar-refractivity contribution in [1.29, 1.82) is 0 Å². The normalized spacial score (nSPS) is 12.8. The summed E-state index contributed by atoms with van der Waals surface area (Å²) < 4.78 is 5.25. The van der Waals surface area contributed by atoms with Crippen molar-refractivity contribution in [2.45, 2.75) is 40.5 Å². The number of carbonyl (C=O) groups excluding carboxylic acids is 2. The predicted molar refractivity (Wildman–Crippen MR) is 79.6 cm³/mol. The van der Waals surface area contributed by atoms with Gasteiger partial charge in [0.2, 0.25) is 0 Å². The van der Waals surface area contributed by atoms with E-state index in [4.69, 9.17) is 4.74 Å². The van der Waals surface area contributed by atoms with Gasteiger partial charge in [-0.05, 0) is 11.8 Å². The average molecular weight is 276 g/mol. The van der Waals surface area contributed by atoms with E-state index in [1.165, 1.54) is 0 Å². The molecular weight excluding hydrogens is 252 g/mol. The van der Waals surface area contributed by atoms with Crippen LogP contribution >= 0.6 is 0 Å². The van der Waals surface area contributed by atoms with E-state index in [0.29, 0.717) is 12.2 Å². The van der Waals surface area contributed by atoms with Crippen molar-refractivity contribution < 1.29 is 14.3 Å². The summed E-state index contributed by atoms with van der Waals surface area (Å²) in [6.45, 7) is 8.08. The molecule has 1 aromatic rings. The van der Waals surface area contributed by atoms with Gasteiger partial charge in [0.1, 0.15) is 5.92 Å². The number of Topliss-reactive ketones (excluding diaryl/α,β-unsaturated/α-hetero) is 1. The highest BCUT2D eigenvalue weighted by atomic mass is 16.5. The molecule has 0 N–H and O–H groups in total. The van der Waals surface area contributed by atoms with E-state index in [1.807, 2.05) is 33.8 Å². The first kappa shape index (κ1) is 16.4. The Morgan fingerprint density at radius 2 is 1.75 bits per heavy atom. The van der Waals surface area contributed by atoms with Crippen LogP contribution in [0.2, 0.25) is 0 Å². The van der Waals surface area contributed by atoms with Crippen molar-refractivity contribution in [2.75, 3.05) is 6.61 Å². The Kier molecular flexibility index (Phi) is 5.93. The second kappa shape index (κ2) is 7.22. The minimum Gasteiger partial charge on any atom is -0.465 e. The quantitative estimate of drug-likeness (QED) is 0.343. The highest BCUT2D eigenvalue weighted by molar-refractivity contribution is 6.09. The maximum Gasteiger partial charge on any atom is 0.317 e. The van der Waals surface area contributed by atoms with Gasteiger partial charge in [0.25, 0.3) is 0 Å². The monoisotopic (exact) mass is 276 g/mol. The fourth-order valence-electron chi connectivity index (χ4n) is 2.02. The topological polar surface area (TPSA) is 43.4 Å². The highest BCUT2D eigenvalue weighted by Crippen LogP contribution is 2.30. The summed E-state index contributed by atoms with van der Waals surface area (Å²) in [6, 6.07) is 8.92. The maximum atomic E-state index is 12.6. The standard InChI is InChI=1S/C17H24O3/c1-5-6-12-20-16(19)14(17(2,3)4)15(18)13-10-8-7-9-11-13/h7-11,14H,5-6,12H2,1-4H3. The predicted octanol–water partition coefficient (Wildman–Crippen LogP) is 3.87. The highest BCUT2D eigenvalue weighted by Gasteiger charge is 2.39. The lowest BCUT2D eigenvalue weighted by atomic mass is 9.76. The molecule has 0 aliphatic rings. The van der Waals surface area contributed by atoms with Crippen LogP contribution in [0.1, 0.15) is 50.9 Å². The molecule has 0 amide bonds. The van der Waals surface area contributed by atoms with Crippen molar-refractivity contribution in [2.24, 2.45) is 11.3 Å². The van der Waals surface area contributed by atoms with Crippen LogP contribution in [0.25, 0.3) is 0 Å². The third-order valence-electron chi connectivity index (χ3n) is 3.16. The van der Waals surface area contributed by atoms with Crippen molar-refractivity contribution in [3.63, 3.8) is 0 Å². The Morgan fingerprint density at radius 3 is 2.25 bits per heavy atom. The molecule has 0 saturated heterocycles. The molecule has 1 unspecified atom stereocenters. The van der Waals surface area contributed by atoms with Crippen molar-refractivity contribution in [3.05, 3.63) is 35.9 Å². The number of hydrogen-bond donors (Lipinski definition) is 0. The average Bonchev–Trinajstić information content (AvgIpc) is 2.38. The van der Waals surface area contributed by atoms with E-state index in [1.54, 1.807) is 24.3 Å². The van der Waals surface area contributed by atoms with Gasteiger partial charge in [0, 0.05) is 5.56 Å². The molecule has 110 valence electrons. The first-order chi connectivity index (χ1) is 9.38. The van der Waals surface area contributed by atoms with E-state index in [-0.39, 0.29) is 5.78 Å². The van der Waals surface area contributed by atoms with Crippen LogP contribution < -0.4 is 0 Å². The molecule has 0 heterocycles. The lowest BCUT2D eigenvalue weighted by Crippen LogP contribution is -2.37. The minimum absolute atomic E-state index is 0.167. The Hall–Kier alpha value is -1.64. The van der Waals surface area contributed by atoms with E-state index in [0.717, 1.165) is 12.8 Å². The first-order valence-corrected chi connectivity index (χ1v) is 7.13. The number of benzene rings is 1. The molecule has 0 aromatic heterocycles. The lowest BCUT2D eigenvalue weighted by molar-refractivity contribution is -0.150. The Balaban J connectivity index is 2.90. The van der Waals surface area contributed by atoms with Gasteiger partial charge in [0.15, 0.2) is 5.78 Å². The van der Waals surface area contributed by atoms with Gasteiger partial charge in [-0.2, -0.15) is 0 Å². The Bertz CT molecular complexity index is 443. The SMILES string of the molecule is CCCCOC(=O)C(C(=O)c1ccccc1)C(C)(C)C. The number of esters is 1. The van der Waals surface area contributed by atoms with Crippen LogP contribution in [-0.4, -0.2) is 18.4 Å². The number of carbonyl (C=O) groups is 2. The second-order valence-electron chi connectivity index (χ2n) is 6.05. The molecule has 1 atom stereocenters. The summed E-state index contributed by atoms with van der Waals surface area (Å²) >= 11 is 0. The number of hydrogen-bond acceptors (Lipinski definition) is 3. The summed E-state index contributed by atoms with van der Waals surface area (Å²) in [5, 5.41) is 0. The number of unbranched alkanes of at least 4 members (excludes halogenated alkanes) is 1. The van der Waals surface area contributed by atoms with Crippen LogP contribution in [0.5, 0.6) is 0 Å². The van der Waals surface area contributed by atoms with Crippen LogP contribution in [0.3, 0.4) is 0 Å². The smallest absolute Gasteiger partial charge is 0.317 e. The molecule has 3 heteroatoms. The van der Waals surface area contributed by atoms with Gasteiger partial charge in [-0.3, -0.25) is 9.59 Å². The molecule has 3 nitrogen and oxygen atoms in total. The zero-order chi connectivity index (χ0) is 15.2. The van der Waals surface area contributed by atoms with Crippen molar-refractivity contribution in [1.82, 2.24) is 0 Å². The molecule has 0 bridgehead atoms. The van der Waals surface area contributed by atoms with Gasteiger partial charge in [-0.25, -0.2) is 0 Å². The molecule has 1 aromatic carbocycles. The Labute approximate surface area is 121 Å². The number of ketones is 1. The lowest BCUT2D eigenvalue weighted by Gasteiger charge is -2.27. The minimum atomic E-state index is -0.762. The third kappa shape index (κ3) is 4.48. The third-order valence-corrected chi connectivity index (χ3v) is 3.16. The molecule has 0 aliphatic heterocycles. The number of rotatable bonds is 6. The van der Waals surface area contributed by atoms with Gasteiger partial charge >= 0.3 is 5.97 Å². The van der Waals surface area contributed by atoms with Crippen LogP contribution in [0, 0.1) is 11.3 Å². The van der Waals surface area contributed by atoms with Crippen LogP contribution in [-0.2, 0) is 9.53 Å².